The van der Waals surface area contributed by atoms with E-state index in [0.29, 0.717) is 0 Å². The number of hydrogen-bond donors (Lipinski definition) is 0. The highest BCUT2D eigenvalue weighted by Crippen LogP contribution is 2.21. The number of aryl methyl sites for hydroxylation is 1. The molecular weight excluding hydrogens is 206 g/mol. The molecule has 0 spiro atoms. The second-order valence-electron chi connectivity index (χ2n) is 3.19. The summed E-state index contributed by atoms with van der Waals surface area (Å²) in [4.78, 5) is 4.51. The summed E-state index contributed by atoms with van der Waals surface area (Å²) in [6.45, 7) is 2.11. The lowest BCUT2D eigenvalue weighted by atomic mass is 10.3. The summed E-state index contributed by atoms with van der Waals surface area (Å²) in [5.41, 5.74) is 1.14. The van der Waals surface area contributed by atoms with Gasteiger partial charge in [0.2, 0.25) is 0 Å². The first-order valence-electron chi connectivity index (χ1n) is 4.99. The number of hydrogen-bond acceptors (Lipinski definition) is 3. The van der Waals surface area contributed by atoms with Gasteiger partial charge in [0.05, 0.1) is 17.0 Å². The maximum atomic E-state index is 5.26. The van der Waals surface area contributed by atoms with Gasteiger partial charge in [0.25, 0.3) is 0 Å². The lowest BCUT2D eigenvalue weighted by molar-refractivity contribution is 0.530. The van der Waals surface area contributed by atoms with Crippen LogP contribution >= 0.6 is 11.8 Å². The summed E-state index contributed by atoms with van der Waals surface area (Å²) in [5.74, 6) is 1.83. The van der Waals surface area contributed by atoms with Crippen molar-refractivity contribution in [3.05, 3.63) is 48.0 Å². The first kappa shape index (κ1) is 10.3. The smallest absolute Gasteiger partial charge is 0.114 e. The fourth-order valence-corrected chi connectivity index (χ4v) is 2.09. The third kappa shape index (κ3) is 2.86. The number of rotatable bonds is 4. The third-order valence-corrected chi connectivity index (χ3v) is 3.04. The Morgan fingerprint density at radius 2 is 2.20 bits per heavy atom. The van der Waals surface area contributed by atoms with Gasteiger partial charge in [0.1, 0.15) is 5.76 Å². The SMILES string of the molecule is CCc1cccc(SCc2ccco2)n1. The minimum Gasteiger partial charge on any atom is -0.468 e. The molecule has 0 N–H and O–H groups in total. The predicted octanol–water partition coefficient (Wildman–Crippen LogP) is 3.53. The number of furan rings is 1. The van der Waals surface area contributed by atoms with Crippen molar-refractivity contribution in [1.82, 2.24) is 4.98 Å². The lowest BCUT2D eigenvalue weighted by Gasteiger charge is -2.00. The number of nitrogens with zero attached hydrogens (tertiary/aromatic N) is 1. The second-order valence-corrected chi connectivity index (χ2v) is 4.18. The molecule has 0 saturated carbocycles. The molecule has 0 unspecified atom stereocenters. The largest absolute Gasteiger partial charge is 0.468 e. The fraction of sp³-hybridized carbons (Fsp3) is 0.250. The Morgan fingerprint density at radius 1 is 1.27 bits per heavy atom. The summed E-state index contributed by atoms with van der Waals surface area (Å²) in [5, 5.41) is 1.06. The highest BCUT2D eigenvalue weighted by Gasteiger charge is 2.00. The topological polar surface area (TPSA) is 26.0 Å². The van der Waals surface area contributed by atoms with Gasteiger partial charge >= 0.3 is 0 Å². The van der Waals surface area contributed by atoms with Crippen LogP contribution in [0.15, 0.2) is 46.0 Å². The van der Waals surface area contributed by atoms with E-state index in [-0.39, 0.29) is 0 Å². The molecule has 2 rings (SSSR count). The van der Waals surface area contributed by atoms with E-state index in [1.807, 2.05) is 18.2 Å². The Balaban J connectivity index is 1.98. The number of aromatic nitrogens is 1. The van der Waals surface area contributed by atoms with Crippen molar-refractivity contribution in [2.75, 3.05) is 0 Å². The molecule has 2 heterocycles. The second kappa shape index (κ2) is 5.03. The van der Waals surface area contributed by atoms with Gasteiger partial charge in [0, 0.05) is 5.69 Å². The Labute approximate surface area is 93.7 Å². The molecule has 0 aromatic carbocycles. The molecule has 15 heavy (non-hydrogen) atoms. The monoisotopic (exact) mass is 219 g/mol. The van der Waals surface area contributed by atoms with Gasteiger partial charge < -0.3 is 4.42 Å². The van der Waals surface area contributed by atoms with Crippen LogP contribution in [0.25, 0.3) is 0 Å². The molecule has 0 amide bonds. The number of pyridine rings is 1. The quantitative estimate of drug-likeness (QED) is 0.736. The van der Waals surface area contributed by atoms with Gasteiger partial charge in [0.15, 0.2) is 0 Å². The summed E-state index contributed by atoms with van der Waals surface area (Å²) >= 11 is 1.70. The van der Waals surface area contributed by atoms with Gasteiger partial charge in [-0.15, -0.1) is 0 Å². The van der Waals surface area contributed by atoms with Crippen LogP contribution in [-0.2, 0) is 12.2 Å². The molecule has 2 aromatic heterocycles. The fourth-order valence-electron chi connectivity index (χ4n) is 1.27. The molecule has 2 nitrogen and oxygen atoms in total. The normalized spacial score (nSPS) is 10.5. The van der Waals surface area contributed by atoms with Gasteiger partial charge in [-0.05, 0) is 30.7 Å². The standard InChI is InChI=1S/C12H13NOS/c1-2-10-5-3-7-12(13-10)15-9-11-6-4-8-14-11/h3-8H,2,9H2,1H3. The predicted molar refractivity (Wildman–Crippen MR) is 61.9 cm³/mol. The van der Waals surface area contributed by atoms with Gasteiger partial charge in [-0.25, -0.2) is 4.98 Å². The van der Waals surface area contributed by atoms with Crippen LogP contribution in [0.1, 0.15) is 18.4 Å². The molecule has 0 fully saturated rings. The zero-order chi connectivity index (χ0) is 10.5. The molecule has 2 aromatic rings. The van der Waals surface area contributed by atoms with E-state index < -0.39 is 0 Å². The van der Waals surface area contributed by atoms with Crippen LogP contribution in [0.4, 0.5) is 0 Å². The van der Waals surface area contributed by atoms with Crippen LogP contribution in [0, 0.1) is 0 Å². The average molecular weight is 219 g/mol. The summed E-state index contributed by atoms with van der Waals surface area (Å²) in [7, 11) is 0. The first-order valence-corrected chi connectivity index (χ1v) is 5.98. The maximum Gasteiger partial charge on any atom is 0.114 e. The Morgan fingerprint density at radius 3 is 2.93 bits per heavy atom. The summed E-state index contributed by atoms with van der Waals surface area (Å²) in [6, 6.07) is 10.0. The zero-order valence-electron chi connectivity index (χ0n) is 8.64. The van der Waals surface area contributed by atoms with Crippen molar-refractivity contribution in [3.8, 4) is 0 Å². The summed E-state index contributed by atoms with van der Waals surface area (Å²) < 4.78 is 5.26. The van der Waals surface area contributed by atoms with Crippen LogP contribution in [0.2, 0.25) is 0 Å². The molecule has 0 bridgehead atoms. The van der Waals surface area contributed by atoms with Gasteiger partial charge in [-0.1, -0.05) is 24.8 Å². The van der Waals surface area contributed by atoms with E-state index in [0.717, 1.165) is 28.7 Å². The maximum absolute atomic E-state index is 5.26. The highest BCUT2D eigenvalue weighted by atomic mass is 32.2. The van der Waals surface area contributed by atoms with Gasteiger partial charge in [-0.2, -0.15) is 0 Å². The summed E-state index contributed by atoms with van der Waals surface area (Å²) in [6.07, 6.45) is 2.68. The van der Waals surface area contributed by atoms with E-state index >= 15 is 0 Å². The van der Waals surface area contributed by atoms with Crippen molar-refractivity contribution in [2.24, 2.45) is 0 Å². The average Bonchev–Trinajstić information content (AvgIpc) is 2.79. The molecule has 0 aliphatic heterocycles. The Kier molecular flexibility index (Phi) is 3.45. The van der Waals surface area contributed by atoms with Crippen molar-refractivity contribution >= 4 is 11.8 Å². The van der Waals surface area contributed by atoms with E-state index in [1.54, 1.807) is 18.0 Å². The van der Waals surface area contributed by atoms with E-state index in [4.69, 9.17) is 4.42 Å². The van der Waals surface area contributed by atoms with E-state index in [2.05, 4.69) is 24.0 Å². The minimum atomic E-state index is 0.840. The van der Waals surface area contributed by atoms with Crippen molar-refractivity contribution < 1.29 is 4.42 Å². The lowest BCUT2D eigenvalue weighted by Crippen LogP contribution is -1.88. The molecule has 0 atom stereocenters. The van der Waals surface area contributed by atoms with Crippen LogP contribution in [-0.4, -0.2) is 4.98 Å². The highest BCUT2D eigenvalue weighted by molar-refractivity contribution is 7.98. The Bertz CT molecular complexity index is 411. The first-order chi connectivity index (χ1) is 7.38. The molecule has 3 heteroatoms. The van der Waals surface area contributed by atoms with Crippen molar-refractivity contribution in [2.45, 2.75) is 24.1 Å². The molecule has 0 aliphatic rings. The third-order valence-electron chi connectivity index (χ3n) is 2.09. The molecule has 78 valence electrons. The van der Waals surface area contributed by atoms with Gasteiger partial charge in [-0.3, -0.25) is 0 Å². The molecule has 0 aliphatic carbocycles. The van der Waals surface area contributed by atoms with Crippen molar-refractivity contribution in [3.63, 3.8) is 0 Å². The molecular formula is C12H13NOS. The van der Waals surface area contributed by atoms with Crippen LogP contribution < -0.4 is 0 Å². The number of thioether (sulfide) groups is 1. The van der Waals surface area contributed by atoms with Crippen molar-refractivity contribution in [1.29, 1.82) is 0 Å². The Hall–Kier alpha value is -1.22. The molecule has 0 saturated heterocycles. The molecule has 0 radical (unpaired) electrons. The minimum absolute atomic E-state index is 0.840. The van der Waals surface area contributed by atoms with E-state index in [9.17, 15) is 0 Å². The van der Waals surface area contributed by atoms with Crippen LogP contribution in [0.5, 0.6) is 0 Å². The van der Waals surface area contributed by atoms with E-state index in [1.165, 1.54) is 0 Å². The van der Waals surface area contributed by atoms with Crippen LogP contribution in [0.3, 0.4) is 0 Å². The zero-order valence-corrected chi connectivity index (χ0v) is 9.46.